The molecule has 0 bridgehead atoms. The molecule has 0 aliphatic heterocycles. The van der Waals surface area contributed by atoms with Crippen LogP contribution in [0.3, 0.4) is 0 Å². The number of hydrogen-bond acceptors (Lipinski definition) is 5. The second kappa shape index (κ2) is 9.00. The summed E-state index contributed by atoms with van der Waals surface area (Å²) >= 11 is 1.77. The zero-order valence-corrected chi connectivity index (χ0v) is 17.7. The molecule has 1 N–H and O–H groups in total. The van der Waals surface area contributed by atoms with Crippen molar-refractivity contribution >= 4 is 22.7 Å². The Morgan fingerprint density at radius 3 is 2.33 bits per heavy atom. The molecule has 5 nitrogen and oxygen atoms in total. The molecule has 1 heterocycles. The Kier molecular flexibility index (Phi) is 6.68. The Hall–Kier alpha value is -1.69. The van der Waals surface area contributed by atoms with Crippen molar-refractivity contribution in [2.45, 2.75) is 63.6 Å². The summed E-state index contributed by atoms with van der Waals surface area (Å²) in [7, 11) is 3.27. The van der Waals surface area contributed by atoms with Crippen LogP contribution in [-0.4, -0.2) is 29.5 Å². The fourth-order valence-corrected chi connectivity index (χ4v) is 4.76. The van der Waals surface area contributed by atoms with Gasteiger partial charge in [0.1, 0.15) is 5.49 Å². The Balaban J connectivity index is 2.17. The normalized spacial score (nSPS) is 15.9. The van der Waals surface area contributed by atoms with E-state index >= 15 is 0 Å². The maximum absolute atomic E-state index is 8.99. The molecule has 0 radical (unpaired) electrons. The summed E-state index contributed by atoms with van der Waals surface area (Å²) < 4.78 is 13.1. The smallest absolute Gasteiger partial charge is 0.170 e. The Bertz CT molecular complexity index is 839. The van der Waals surface area contributed by atoms with Crippen LogP contribution in [0.25, 0.3) is 10.9 Å². The van der Waals surface area contributed by atoms with Crippen LogP contribution in [0, 0.1) is 11.3 Å². The molecule has 27 heavy (non-hydrogen) atoms. The van der Waals surface area contributed by atoms with E-state index in [1.807, 2.05) is 12.1 Å². The third-order valence-electron chi connectivity index (χ3n) is 5.16. The van der Waals surface area contributed by atoms with Crippen molar-refractivity contribution in [3.63, 3.8) is 0 Å². The van der Waals surface area contributed by atoms with E-state index < -0.39 is 0 Å². The average molecular weight is 390 g/mol. The summed E-state index contributed by atoms with van der Waals surface area (Å²) in [6.45, 7) is 4.44. The summed E-state index contributed by atoms with van der Waals surface area (Å²) in [5.41, 5.74) is 1.34. The molecule has 0 atom stereocenters. The predicted octanol–water partition coefficient (Wildman–Crippen LogP) is 5.18. The Labute approximate surface area is 166 Å². The van der Waals surface area contributed by atoms with Crippen LogP contribution < -0.4 is 15.0 Å². The van der Waals surface area contributed by atoms with Crippen molar-refractivity contribution in [1.29, 1.82) is 5.41 Å². The number of rotatable bonds is 6. The SMILES string of the molecule is COc1cc2nc(SCC(C)C)n(C3CCCCCC3)c(=N)c2cc1OC. The minimum Gasteiger partial charge on any atom is -0.493 e. The van der Waals surface area contributed by atoms with E-state index in [9.17, 15) is 0 Å². The van der Waals surface area contributed by atoms with Gasteiger partial charge < -0.3 is 14.0 Å². The van der Waals surface area contributed by atoms with E-state index in [4.69, 9.17) is 19.9 Å². The van der Waals surface area contributed by atoms with Crippen molar-refractivity contribution in [2.75, 3.05) is 20.0 Å². The third kappa shape index (κ3) is 4.42. The number of ether oxygens (including phenoxy) is 2. The molecule has 0 saturated heterocycles. The van der Waals surface area contributed by atoms with Crippen molar-refractivity contribution in [3.05, 3.63) is 17.6 Å². The first-order valence-electron chi connectivity index (χ1n) is 9.90. The lowest BCUT2D eigenvalue weighted by Crippen LogP contribution is -2.28. The molecule has 2 aromatic rings. The van der Waals surface area contributed by atoms with E-state index in [1.165, 1.54) is 25.7 Å². The number of nitrogens with one attached hydrogen (secondary N) is 1. The predicted molar refractivity (Wildman–Crippen MR) is 111 cm³/mol. The Morgan fingerprint density at radius 2 is 1.74 bits per heavy atom. The lowest BCUT2D eigenvalue weighted by Gasteiger charge is -2.23. The van der Waals surface area contributed by atoms with E-state index in [1.54, 1.807) is 26.0 Å². The highest BCUT2D eigenvalue weighted by Gasteiger charge is 2.21. The monoisotopic (exact) mass is 389 g/mol. The lowest BCUT2D eigenvalue weighted by atomic mass is 10.1. The standard InChI is InChI=1S/C21H31N3O2S/c1-14(2)13-27-21-23-17-12-19(26-4)18(25-3)11-16(17)20(22)24(21)15-9-7-5-6-8-10-15/h11-12,14-15,22H,5-10,13H2,1-4H3. The van der Waals surface area contributed by atoms with Gasteiger partial charge in [0.05, 0.1) is 19.7 Å². The van der Waals surface area contributed by atoms with E-state index in [0.717, 1.165) is 34.7 Å². The van der Waals surface area contributed by atoms with Crippen LogP contribution in [0.5, 0.6) is 11.5 Å². The van der Waals surface area contributed by atoms with Crippen LogP contribution in [-0.2, 0) is 0 Å². The van der Waals surface area contributed by atoms with Gasteiger partial charge in [-0.05, 0) is 24.8 Å². The fourth-order valence-electron chi connectivity index (χ4n) is 3.73. The van der Waals surface area contributed by atoms with Gasteiger partial charge in [0.25, 0.3) is 0 Å². The van der Waals surface area contributed by atoms with Crippen LogP contribution >= 0.6 is 11.8 Å². The van der Waals surface area contributed by atoms with Gasteiger partial charge in [-0.15, -0.1) is 0 Å². The molecule has 1 saturated carbocycles. The Morgan fingerprint density at radius 1 is 1.11 bits per heavy atom. The molecule has 1 aliphatic carbocycles. The van der Waals surface area contributed by atoms with Crippen molar-refractivity contribution in [1.82, 2.24) is 9.55 Å². The number of nitrogens with zero attached hydrogens (tertiary/aromatic N) is 2. The molecule has 1 aromatic heterocycles. The number of methoxy groups -OCH3 is 2. The maximum Gasteiger partial charge on any atom is 0.170 e. The number of fused-ring (bicyclic) bond motifs is 1. The number of benzene rings is 1. The number of hydrogen-bond donors (Lipinski definition) is 1. The van der Waals surface area contributed by atoms with Gasteiger partial charge in [-0.25, -0.2) is 4.98 Å². The van der Waals surface area contributed by atoms with Gasteiger partial charge in [0.2, 0.25) is 0 Å². The van der Waals surface area contributed by atoms with E-state index in [2.05, 4.69) is 18.4 Å². The summed E-state index contributed by atoms with van der Waals surface area (Å²) in [4.78, 5) is 4.97. The second-order valence-electron chi connectivity index (χ2n) is 7.69. The van der Waals surface area contributed by atoms with Gasteiger partial charge in [-0.2, -0.15) is 0 Å². The van der Waals surface area contributed by atoms with Crippen molar-refractivity contribution < 1.29 is 9.47 Å². The summed E-state index contributed by atoms with van der Waals surface area (Å²) in [5, 5.41) is 10.8. The maximum atomic E-state index is 8.99. The van der Waals surface area contributed by atoms with Crippen LogP contribution in [0.4, 0.5) is 0 Å². The highest BCUT2D eigenvalue weighted by atomic mass is 32.2. The van der Waals surface area contributed by atoms with Crippen LogP contribution in [0.15, 0.2) is 17.3 Å². The molecule has 0 spiro atoms. The minimum absolute atomic E-state index is 0.361. The van der Waals surface area contributed by atoms with Gasteiger partial charge in [0, 0.05) is 23.2 Å². The molecule has 0 unspecified atom stereocenters. The summed E-state index contributed by atoms with van der Waals surface area (Å²) in [5.74, 6) is 2.88. The van der Waals surface area contributed by atoms with Gasteiger partial charge in [0.15, 0.2) is 16.7 Å². The highest BCUT2D eigenvalue weighted by Crippen LogP contribution is 2.34. The fraction of sp³-hybridized carbons (Fsp3) is 0.619. The number of thioether (sulfide) groups is 1. The van der Waals surface area contributed by atoms with E-state index in [0.29, 0.717) is 28.9 Å². The highest BCUT2D eigenvalue weighted by molar-refractivity contribution is 7.99. The quantitative estimate of drug-likeness (QED) is 0.420. The van der Waals surface area contributed by atoms with Gasteiger partial charge in [-0.1, -0.05) is 51.3 Å². The van der Waals surface area contributed by atoms with E-state index in [-0.39, 0.29) is 0 Å². The molecule has 1 aliphatic rings. The third-order valence-corrected chi connectivity index (χ3v) is 6.54. The van der Waals surface area contributed by atoms with Crippen LogP contribution in [0.1, 0.15) is 58.4 Å². The molecule has 0 amide bonds. The van der Waals surface area contributed by atoms with Gasteiger partial charge in [-0.3, -0.25) is 5.41 Å². The molecule has 6 heteroatoms. The summed E-state index contributed by atoms with van der Waals surface area (Å²) in [6, 6.07) is 4.15. The topological polar surface area (TPSA) is 60.1 Å². The first-order valence-corrected chi connectivity index (χ1v) is 10.9. The minimum atomic E-state index is 0.361. The van der Waals surface area contributed by atoms with Crippen LogP contribution in [0.2, 0.25) is 0 Å². The van der Waals surface area contributed by atoms with Gasteiger partial charge >= 0.3 is 0 Å². The molecule has 148 valence electrons. The first kappa shape index (κ1) is 20.1. The second-order valence-corrected chi connectivity index (χ2v) is 8.67. The molecule has 1 fully saturated rings. The molecular formula is C21H31N3O2S. The van der Waals surface area contributed by atoms with Crippen molar-refractivity contribution in [2.24, 2.45) is 5.92 Å². The van der Waals surface area contributed by atoms with Crippen molar-refractivity contribution in [3.8, 4) is 11.5 Å². The first-order chi connectivity index (χ1) is 13.0. The summed E-state index contributed by atoms with van der Waals surface area (Å²) in [6.07, 6.45) is 7.32. The lowest BCUT2D eigenvalue weighted by molar-refractivity contribution is 0.355. The zero-order chi connectivity index (χ0) is 19.4. The number of aromatic nitrogens is 2. The molecule has 3 rings (SSSR count). The molecule has 1 aromatic carbocycles. The molecular weight excluding hydrogens is 358 g/mol. The largest absolute Gasteiger partial charge is 0.493 e. The zero-order valence-electron chi connectivity index (χ0n) is 16.9. The average Bonchev–Trinajstić information content (AvgIpc) is 2.94.